The number of hydrogen-bond acceptors (Lipinski definition) is 5. The van der Waals surface area contributed by atoms with E-state index >= 15 is 0 Å². The van der Waals surface area contributed by atoms with Gasteiger partial charge in [-0.05, 0) is 6.07 Å². The fraction of sp³-hybridized carbons (Fsp3) is 0.200. The zero-order valence-corrected chi connectivity index (χ0v) is 9.37. The molecule has 0 saturated carbocycles. The molecule has 1 atom stereocenters. The van der Waals surface area contributed by atoms with Crippen molar-refractivity contribution in [1.29, 1.82) is 0 Å². The minimum atomic E-state index is -1.58. The third-order valence-corrected chi connectivity index (χ3v) is 2.19. The van der Waals surface area contributed by atoms with Crippen molar-refractivity contribution < 1.29 is 29.1 Å². The SMILES string of the molecule is O=C(N[C@@H](CO)C(=O)O)c1ccc([N+](=O)[O-])cc1F. The molecule has 0 aliphatic carbocycles. The largest absolute Gasteiger partial charge is 0.480 e. The number of carbonyl (C=O) groups is 2. The first-order valence-electron chi connectivity index (χ1n) is 4.95. The molecular formula is C10H9FN2O6. The summed E-state index contributed by atoms with van der Waals surface area (Å²) in [4.78, 5) is 31.6. The van der Waals surface area contributed by atoms with Gasteiger partial charge in [-0.25, -0.2) is 9.18 Å². The summed E-state index contributed by atoms with van der Waals surface area (Å²) in [6.45, 7) is -0.865. The van der Waals surface area contributed by atoms with Gasteiger partial charge in [0.15, 0.2) is 6.04 Å². The van der Waals surface area contributed by atoms with Crippen LogP contribution in [0.4, 0.5) is 10.1 Å². The number of aliphatic hydroxyl groups excluding tert-OH is 1. The van der Waals surface area contributed by atoms with Crippen molar-refractivity contribution in [2.75, 3.05) is 6.61 Å². The number of non-ortho nitro benzene ring substituents is 1. The topological polar surface area (TPSA) is 130 Å². The molecule has 19 heavy (non-hydrogen) atoms. The Kier molecular flexibility index (Phi) is 4.48. The van der Waals surface area contributed by atoms with Gasteiger partial charge in [0.1, 0.15) is 5.82 Å². The molecular weight excluding hydrogens is 263 g/mol. The summed E-state index contributed by atoms with van der Waals surface area (Å²) in [6, 6.07) is 0.734. The summed E-state index contributed by atoms with van der Waals surface area (Å²) in [5.41, 5.74) is -1.09. The number of aliphatic carboxylic acids is 1. The third kappa shape index (κ3) is 3.45. The number of carboxylic acid groups (broad SMARTS) is 1. The van der Waals surface area contributed by atoms with Crippen LogP contribution in [-0.2, 0) is 4.79 Å². The maximum Gasteiger partial charge on any atom is 0.328 e. The van der Waals surface area contributed by atoms with Crippen LogP contribution in [0.15, 0.2) is 18.2 Å². The Morgan fingerprint density at radius 1 is 1.47 bits per heavy atom. The molecule has 0 fully saturated rings. The molecule has 1 aromatic carbocycles. The Hall–Kier alpha value is -2.55. The number of rotatable bonds is 5. The lowest BCUT2D eigenvalue weighted by Gasteiger charge is -2.11. The van der Waals surface area contributed by atoms with Gasteiger partial charge in [0.2, 0.25) is 0 Å². The zero-order valence-electron chi connectivity index (χ0n) is 9.37. The van der Waals surface area contributed by atoms with Gasteiger partial charge in [0.05, 0.1) is 23.2 Å². The Balaban J connectivity index is 2.94. The molecule has 8 nitrogen and oxygen atoms in total. The fourth-order valence-electron chi connectivity index (χ4n) is 1.22. The Morgan fingerprint density at radius 3 is 2.53 bits per heavy atom. The second-order valence-corrected chi connectivity index (χ2v) is 3.47. The van der Waals surface area contributed by atoms with Crippen molar-refractivity contribution in [3.05, 3.63) is 39.7 Å². The Labute approximate surface area is 105 Å². The predicted octanol–water partition coefficient (Wildman–Crippen LogP) is -0.0908. The molecule has 0 radical (unpaired) electrons. The molecule has 0 bridgehead atoms. The molecule has 0 aliphatic heterocycles. The number of carbonyl (C=O) groups excluding carboxylic acids is 1. The zero-order chi connectivity index (χ0) is 14.6. The van der Waals surface area contributed by atoms with E-state index in [0.717, 1.165) is 12.1 Å². The Morgan fingerprint density at radius 2 is 2.11 bits per heavy atom. The molecule has 3 N–H and O–H groups in total. The molecule has 0 heterocycles. The van der Waals surface area contributed by atoms with E-state index in [1.165, 1.54) is 0 Å². The third-order valence-electron chi connectivity index (χ3n) is 2.19. The Bertz CT molecular complexity index is 533. The molecule has 102 valence electrons. The van der Waals surface area contributed by atoms with Crippen LogP contribution in [-0.4, -0.2) is 39.7 Å². The highest BCUT2D eigenvalue weighted by atomic mass is 19.1. The summed E-state index contributed by atoms with van der Waals surface area (Å²) in [6.07, 6.45) is 0. The highest BCUT2D eigenvalue weighted by Gasteiger charge is 2.22. The van der Waals surface area contributed by atoms with Crippen molar-refractivity contribution in [1.82, 2.24) is 5.32 Å². The first-order chi connectivity index (χ1) is 8.86. The summed E-state index contributed by atoms with van der Waals surface area (Å²) >= 11 is 0. The monoisotopic (exact) mass is 272 g/mol. The summed E-state index contributed by atoms with van der Waals surface area (Å²) in [5, 5.41) is 29.5. The second kappa shape index (κ2) is 5.87. The van der Waals surface area contributed by atoms with E-state index in [1.54, 1.807) is 0 Å². The number of nitro groups is 1. The lowest BCUT2D eigenvalue weighted by molar-refractivity contribution is -0.385. The number of halogens is 1. The molecule has 0 saturated heterocycles. The maximum atomic E-state index is 13.4. The van der Waals surface area contributed by atoms with Crippen LogP contribution >= 0.6 is 0 Å². The molecule has 0 unspecified atom stereocenters. The quantitative estimate of drug-likeness (QED) is 0.507. The van der Waals surface area contributed by atoms with Crippen LogP contribution in [0.5, 0.6) is 0 Å². The van der Waals surface area contributed by atoms with Crippen LogP contribution in [0.2, 0.25) is 0 Å². The van der Waals surface area contributed by atoms with Gasteiger partial charge in [-0.3, -0.25) is 14.9 Å². The van der Waals surface area contributed by atoms with Crippen LogP contribution in [0, 0.1) is 15.9 Å². The van der Waals surface area contributed by atoms with Crippen molar-refractivity contribution in [2.24, 2.45) is 0 Å². The molecule has 0 spiro atoms. The van der Waals surface area contributed by atoms with Crippen molar-refractivity contribution in [3.8, 4) is 0 Å². The van der Waals surface area contributed by atoms with Gasteiger partial charge >= 0.3 is 5.97 Å². The highest BCUT2D eigenvalue weighted by molar-refractivity contribution is 5.97. The van der Waals surface area contributed by atoms with E-state index in [4.69, 9.17) is 10.2 Å². The summed E-state index contributed by atoms with van der Waals surface area (Å²) < 4.78 is 13.4. The van der Waals surface area contributed by atoms with Gasteiger partial charge in [0.25, 0.3) is 11.6 Å². The standard InChI is InChI=1S/C10H9FN2O6/c11-7-3-5(13(18)19)1-2-6(7)9(15)12-8(4-14)10(16)17/h1-3,8,14H,4H2,(H,12,15)(H,16,17)/t8-/m0/s1. The fourth-order valence-corrected chi connectivity index (χ4v) is 1.22. The minimum absolute atomic E-state index is 0.536. The average molecular weight is 272 g/mol. The number of hydrogen-bond donors (Lipinski definition) is 3. The van der Waals surface area contributed by atoms with E-state index in [9.17, 15) is 24.1 Å². The number of benzene rings is 1. The van der Waals surface area contributed by atoms with Crippen molar-refractivity contribution >= 4 is 17.6 Å². The van der Waals surface area contributed by atoms with Crippen molar-refractivity contribution in [2.45, 2.75) is 6.04 Å². The minimum Gasteiger partial charge on any atom is -0.480 e. The molecule has 1 rings (SSSR count). The van der Waals surface area contributed by atoms with Crippen LogP contribution < -0.4 is 5.32 Å². The lowest BCUT2D eigenvalue weighted by atomic mass is 10.1. The first kappa shape index (κ1) is 14.5. The predicted molar refractivity (Wildman–Crippen MR) is 59.0 cm³/mol. The molecule has 0 aromatic heterocycles. The van der Waals surface area contributed by atoms with E-state index in [1.807, 2.05) is 5.32 Å². The smallest absolute Gasteiger partial charge is 0.328 e. The number of nitrogens with zero attached hydrogens (tertiary/aromatic N) is 1. The van der Waals surface area contributed by atoms with E-state index < -0.39 is 46.5 Å². The van der Waals surface area contributed by atoms with Gasteiger partial charge in [-0.1, -0.05) is 0 Å². The van der Waals surface area contributed by atoms with Gasteiger partial charge in [-0.2, -0.15) is 0 Å². The maximum absolute atomic E-state index is 13.4. The molecule has 9 heteroatoms. The van der Waals surface area contributed by atoms with Gasteiger partial charge in [-0.15, -0.1) is 0 Å². The van der Waals surface area contributed by atoms with Crippen LogP contribution in [0.25, 0.3) is 0 Å². The van der Waals surface area contributed by atoms with Crippen LogP contribution in [0.1, 0.15) is 10.4 Å². The first-order valence-corrected chi connectivity index (χ1v) is 4.95. The number of aliphatic hydroxyl groups is 1. The molecule has 0 aliphatic rings. The van der Waals surface area contributed by atoms with E-state index in [2.05, 4.69) is 0 Å². The number of nitro benzene ring substituents is 1. The molecule has 1 amide bonds. The number of carboxylic acids is 1. The van der Waals surface area contributed by atoms with E-state index in [0.29, 0.717) is 6.07 Å². The van der Waals surface area contributed by atoms with Crippen LogP contribution in [0.3, 0.4) is 0 Å². The van der Waals surface area contributed by atoms with Gasteiger partial charge in [0, 0.05) is 6.07 Å². The number of amides is 1. The average Bonchev–Trinajstić information content (AvgIpc) is 2.34. The number of nitrogens with one attached hydrogen (secondary N) is 1. The lowest BCUT2D eigenvalue weighted by Crippen LogP contribution is -2.43. The normalized spacial score (nSPS) is 11.7. The van der Waals surface area contributed by atoms with Crippen molar-refractivity contribution in [3.63, 3.8) is 0 Å². The van der Waals surface area contributed by atoms with E-state index in [-0.39, 0.29) is 0 Å². The highest BCUT2D eigenvalue weighted by Crippen LogP contribution is 2.16. The van der Waals surface area contributed by atoms with Gasteiger partial charge < -0.3 is 15.5 Å². The summed E-state index contributed by atoms with van der Waals surface area (Å²) in [7, 11) is 0. The summed E-state index contributed by atoms with van der Waals surface area (Å²) in [5.74, 6) is -3.74. The second-order valence-electron chi connectivity index (χ2n) is 3.47. The molecule has 1 aromatic rings.